The van der Waals surface area contributed by atoms with E-state index in [-0.39, 0.29) is 12.0 Å². The summed E-state index contributed by atoms with van der Waals surface area (Å²) >= 11 is 0. The van der Waals surface area contributed by atoms with Crippen LogP contribution in [0.15, 0.2) is 18.2 Å². The summed E-state index contributed by atoms with van der Waals surface area (Å²) in [6, 6.07) is 6.80. The van der Waals surface area contributed by atoms with Gasteiger partial charge in [0, 0.05) is 18.8 Å². The van der Waals surface area contributed by atoms with Crippen molar-refractivity contribution in [2.24, 2.45) is 0 Å². The van der Waals surface area contributed by atoms with Gasteiger partial charge >= 0.3 is 0 Å². The number of aliphatic hydroxyl groups excluding tert-OH is 1. The minimum Gasteiger partial charge on any atom is -0.395 e. The molecule has 0 aromatic heterocycles. The zero-order valence-corrected chi connectivity index (χ0v) is 11.2. The third-order valence-electron chi connectivity index (χ3n) is 3.53. The Morgan fingerprint density at radius 1 is 1.29 bits per heavy atom. The Hall–Kier alpha value is -1.02. The SMILES string of the molecule is CC(C)(C)c1ccc2c(c1)CCCN2CCO. The van der Waals surface area contributed by atoms with E-state index in [1.807, 2.05) is 0 Å². The van der Waals surface area contributed by atoms with Gasteiger partial charge < -0.3 is 10.0 Å². The van der Waals surface area contributed by atoms with Crippen LogP contribution < -0.4 is 4.90 Å². The largest absolute Gasteiger partial charge is 0.395 e. The Kier molecular flexibility index (Phi) is 3.43. The number of hydrogen-bond acceptors (Lipinski definition) is 2. The minimum atomic E-state index is 0.217. The molecule has 1 aliphatic heterocycles. The molecule has 0 unspecified atom stereocenters. The first-order valence-electron chi connectivity index (χ1n) is 6.51. The van der Waals surface area contributed by atoms with Crippen LogP contribution in [-0.2, 0) is 11.8 Å². The standard InChI is InChI=1S/C15H23NO/c1-15(2,3)13-6-7-14-12(11-13)5-4-8-16(14)9-10-17/h6-7,11,17H,4-5,8-10H2,1-3H3. The predicted octanol–water partition coefficient (Wildman–Crippen LogP) is 2.73. The Balaban J connectivity index is 2.33. The van der Waals surface area contributed by atoms with Crippen molar-refractivity contribution in [3.8, 4) is 0 Å². The number of hydrogen-bond donors (Lipinski definition) is 1. The van der Waals surface area contributed by atoms with E-state index in [1.54, 1.807) is 0 Å². The molecule has 17 heavy (non-hydrogen) atoms. The first-order valence-corrected chi connectivity index (χ1v) is 6.51. The highest BCUT2D eigenvalue weighted by atomic mass is 16.3. The van der Waals surface area contributed by atoms with Gasteiger partial charge in [0.1, 0.15) is 0 Å². The zero-order valence-electron chi connectivity index (χ0n) is 11.2. The summed E-state index contributed by atoms with van der Waals surface area (Å²) in [6.07, 6.45) is 2.36. The lowest BCUT2D eigenvalue weighted by molar-refractivity contribution is 0.301. The predicted molar refractivity (Wildman–Crippen MR) is 72.8 cm³/mol. The molecule has 1 aromatic carbocycles. The van der Waals surface area contributed by atoms with Crippen LogP contribution in [0.3, 0.4) is 0 Å². The maximum absolute atomic E-state index is 9.09. The van der Waals surface area contributed by atoms with E-state index in [4.69, 9.17) is 5.11 Å². The van der Waals surface area contributed by atoms with Gasteiger partial charge in [0.15, 0.2) is 0 Å². The molecule has 1 aromatic rings. The molecular weight excluding hydrogens is 210 g/mol. The van der Waals surface area contributed by atoms with E-state index >= 15 is 0 Å². The van der Waals surface area contributed by atoms with E-state index in [2.05, 4.69) is 43.9 Å². The van der Waals surface area contributed by atoms with Crippen LogP contribution in [0.4, 0.5) is 5.69 Å². The van der Waals surface area contributed by atoms with E-state index in [1.165, 1.54) is 29.7 Å². The van der Waals surface area contributed by atoms with E-state index in [9.17, 15) is 0 Å². The first kappa shape index (κ1) is 12.4. The average Bonchev–Trinajstić information content (AvgIpc) is 2.28. The maximum atomic E-state index is 9.09. The summed E-state index contributed by atoms with van der Waals surface area (Å²) in [5.74, 6) is 0. The fourth-order valence-corrected chi connectivity index (χ4v) is 2.49. The molecule has 0 saturated carbocycles. The maximum Gasteiger partial charge on any atom is 0.0606 e. The lowest BCUT2D eigenvalue weighted by Crippen LogP contribution is -2.32. The van der Waals surface area contributed by atoms with Crippen molar-refractivity contribution < 1.29 is 5.11 Å². The van der Waals surface area contributed by atoms with E-state index in [0.717, 1.165) is 13.1 Å². The Bertz CT molecular complexity index is 392. The molecule has 0 bridgehead atoms. The lowest BCUT2D eigenvalue weighted by Gasteiger charge is -2.32. The molecule has 0 amide bonds. The number of anilines is 1. The van der Waals surface area contributed by atoms with Crippen molar-refractivity contribution in [2.45, 2.75) is 39.0 Å². The number of aliphatic hydroxyl groups is 1. The van der Waals surface area contributed by atoms with E-state index in [0.29, 0.717) is 0 Å². The number of β-amino-alcohol motifs (C(OH)–C–C–N with tert-alkyl or cyclic N) is 1. The second kappa shape index (κ2) is 4.69. The van der Waals surface area contributed by atoms with Gasteiger partial charge in [-0.2, -0.15) is 0 Å². The Morgan fingerprint density at radius 3 is 2.71 bits per heavy atom. The summed E-state index contributed by atoms with van der Waals surface area (Å²) in [6.45, 7) is 8.82. The van der Waals surface area contributed by atoms with Gasteiger partial charge in [-0.3, -0.25) is 0 Å². The number of nitrogens with zero attached hydrogens (tertiary/aromatic N) is 1. The molecular formula is C15H23NO. The molecule has 1 heterocycles. The van der Waals surface area contributed by atoms with Gasteiger partial charge in [0.05, 0.1) is 6.61 Å². The molecule has 1 N–H and O–H groups in total. The Labute approximate surface area is 104 Å². The molecule has 0 atom stereocenters. The molecule has 0 spiro atoms. The second-order valence-corrected chi connectivity index (χ2v) is 5.91. The van der Waals surface area contributed by atoms with Crippen molar-refractivity contribution in [2.75, 3.05) is 24.6 Å². The van der Waals surface area contributed by atoms with Crippen LogP contribution in [0.5, 0.6) is 0 Å². The summed E-state index contributed by atoms with van der Waals surface area (Å²) in [5.41, 5.74) is 4.38. The van der Waals surface area contributed by atoms with Gasteiger partial charge in [0.25, 0.3) is 0 Å². The normalized spacial score (nSPS) is 15.9. The number of benzene rings is 1. The van der Waals surface area contributed by atoms with Crippen LogP contribution in [0, 0.1) is 0 Å². The third-order valence-corrected chi connectivity index (χ3v) is 3.53. The molecule has 0 aliphatic carbocycles. The fourth-order valence-electron chi connectivity index (χ4n) is 2.49. The number of rotatable bonds is 2. The fraction of sp³-hybridized carbons (Fsp3) is 0.600. The van der Waals surface area contributed by atoms with Crippen molar-refractivity contribution in [3.05, 3.63) is 29.3 Å². The quantitative estimate of drug-likeness (QED) is 0.849. The van der Waals surface area contributed by atoms with Gasteiger partial charge in [-0.1, -0.05) is 32.9 Å². The molecule has 0 saturated heterocycles. The second-order valence-electron chi connectivity index (χ2n) is 5.91. The molecule has 2 nitrogen and oxygen atoms in total. The Morgan fingerprint density at radius 2 is 2.06 bits per heavy atom. The van der Waals surface area contributed by atoms with Crippen molar-refractivity contribution >= 4 is 5.69 Å². The monoisotopic (exact) mass is 233 g/mol. The molecule has 2 rings (SSSR count). The minimum absolute atomic E-state index is 0.217. The molecule has 0 radical (unpaired) electrons. The van der Waals surface area contributed by atoms with Gasteiger partial charge in [-0.15, -0.1) is 0 Å². The first-order chi connectivity index (χ1) is 8.02. The zero-order chi connectivity index (χ0) is 12.5. The van der Waals surface area contributed by atoms with Gasteiger partial charge in [-0.05, 0) is 35.4 Å². The van der Waals surface area contributed by atoms with Crippen LogP contribution >= 0.6 is 0 Å². The summed E-state index contributed by atoms with van der Waals surface area (Å²) in [7, 11) is 0. The number of aryl methyl sites for hydroxylation is 1. The van der Waals surface area contributed by atoms with Crippen molar-refractivity contribution in [3.63, 3.8) is 0 Å². The molecule has 94 valence electrons. The van der Waals surface area contributed by atoms with Crippen LogP contribution in [-0.4, -0.2) is 24.8 Å². The van der Waals surface area contributed by atoms with Crippen LogP contribution in [0.25, 0.3) is 0 Å². The summed E-state index contributed by atoms with van der Waals surface area (Å²) in [5, 5.41) is 9.09. The molecule has 2 heteroatoms. The van der Waals surface area contributed by atoms with E-state index < -0.39 is 0 Å². The summed E-state index contributed by atoms with van der Waals surface area (Å²) < 4.78 is 0. The van der Waals surface area contributed by atoms with Crippen molar-refractivity contribution in [1.29, 1.82) is 0 Å². The average molecular weight is 233 g/mol. The highest BCUT2D eigenvalue weighted by Gasteiger charge is 2.20. The number of fused-ring (bicyclic) bond motifs is 1. The van der Waals surface area contributed by atoms with Crippen molar-refractivity contribution in [1.82, 2.24) is 0 Å². The highest BCUT2D eigenvalue weighted by Crippen LogP contribution is 2.31. The third kappa shape index (κ3) is 2.63. The molecule has 1 aliphatic rings. The summed E-state index contributed by atoms with van der Waals surface area (Å²) in [4.78, 5) is 2.30. The topological polar surface area (TPSA) is 23.5 Å². The van der Waals surface area contributed by atoms with Gasteiger partial charge in [0.2, 0.25) is 0 Å². The van der Waals surface area contributed by atoms with Crippen LogP contribution in [0.2, 0.25) is 0 Å². The lowest BCUT2D eigenvalue weighted by atomic mass is 9.84. The molecule has 0 fully saturated rings. The van der Waals surface area contributed by atoms with Crippen LogP contribution in [0.1, 0.15) is 38.3 Å². The van der Waals surface area contributed by atoms with Gasteiger partial charge in [-0.25, -0.2) is 0 Å². The highest BCUT2D eigenvalue weighted by molar-refractivity contribution is 5.57. The smallest absolute Gasteiger partial charge is 0.0606 e.